The number of hydrogen-bond acceptors (Lipinski definition) is 5. The van der Waals surface area contributed by atoms with E-state index in [1.54, 1.807) is 11.3 Å². The number of rotatable bonds is 4. The molecule has 112 valence electrons. The minimum atomic E-state index is -0.263. The first-order valence-corrected chi connectivity index (χ1v) is 7.66. The SMILES string of the molecule is Cc1cc(CNC(=O)c2nc(C(C)C)ncc2N)sc1C. The van der Waals surface area contributed by atoms with E-state index in [4.69, 9.17) is 5.73 Å². The monoisotopic (exact) mass is 304 g/mol. The maximum Gasteiger partial charge on any atom is 0.272 e. The third-order valence-electron chi connectivity index (χ3n) is 3.21. The Kier molecular flexibility index (Phi) is 4.57. The van der Waals surface area contributed by atoms with Crippen LogP contribution in [0, 0.1) is 13.8 Å². The Hall–Kier alpha value is -1.95. The molecule has 0 spiro atoms. The van der Waals surface area contributed by atoms with Gasteiger partial charge in [-0.05, 0) is 25.5 Å². The summed E-state index contributed by atoms with van der Waals surface area (Å²) in [5.74, 6) is 0.511. The minimum absolute atomic E-state index is 0.153. The lowest BCUT2D eigenvalue weighted by Crippen LogP contribution is -2.25. The number of nitrogens with two attached hydrogens (primary N) is 1. The van der Waals surface area contributed by atoms with E-state index in [1.165, 1.54) is 16.6 Å². The highest BCUT2D eigenvalue weighted by molar-refractivity contribution is 7.12. The predicted molar refractivity (Wildman–Crippen MR) is 85.5 cm³/mol. The van der Waals surface area contributed by atoms with Gasteiger partial charge in [-0.2, -0.15) is 0 Å². The highest BCUT2D eigenvalue weighted by atomic mass is 32.1. The Morgan fingerprint density at radius 1 is 1.43 bits per heavy atom. The smallest absolute Gasteiger partial charge is 0.272 e. The second-order valence-electron chi connectivity index (χ2n) is 5.32. The Morgan fingerprint density at radius 2 is 2.14 bits per heavy atom. The van der Waals surface area contributed by atoms with Crippen molar-refractivity contribution in [3.05, 3.63) is 39.1 Å². The molecular weight excluding hydrogens is 284 g/mol. The molecule has 2 aromatic heterocycles. The Morgan fingerprint density at radius 3 is 2.71 bits per heavy atom. The predicted octanol–water partition coefficient (Wildman–Crippen LogP) is 2.79. The van der Waals surface area contributed by atoms with Gasteiger partial charge in [0.2, 0.25) is 0 Å². The van der Waals surface area contributed by atoms with E-state index in [9.17, 15) is 4.79 Å². The van der Waals surface area contributed by atoms with Crippen molar-refractivity contribution in [2.24, 2.45) is 0 Å². The third kappa shape index (κ3) is 3.58. The van der Waals surface area contributed by atoms with Crippen LogP contribution in [0.3, 0.4) is 0 Å². The lowest BCUT2D eigenvalue weighted by Gasteiger charge is -2.09. The molecule has 6 heteroatoms. The molecule has 3 N–H and O–H groups in total. The molecule has 0 bridgehead atoms. The lowest BCUT2D eigenvalue weighted by atomic mass is 10.2. The average Bonchev–Trinajstić information content (AvgIpc) is 2.75. The summed E-state index contributed by atoms with van der Waals surface area (Å²) < 4.78 is 0. The van der Waals surface area contributed by atoms with Crippen molar-refractivity contribution >= 4 is 22.9 Å². The van der Waals surface area contributed by atoms with Gasteiger partial charge in [-0.15, -0.1) is 11.3 Å². The van der Waals surface area contributed by atoms with Gasteiger partial charge in [0.1, 0.15) is 5.82 Å². The summed E-state index contributed by atoms with van der Waals surface area (Å²) >= 11 is 1.69. The molecular formula is C15H20N4OS. The van der Waals surface area contributed by atoms with E-state index in [-0.39, 0.29) is 17.5 Å². The number of hydrogen-bond donors (Lipinski definition) is 2. The molecule has 2 heterocycles. The Labute approximate surface area is 128 Å². The van der Waals surface area contributed by atoms with E-state index in [0.717, 1.165) is 4.88 Å². The molecule has 0 aliphatic rings. The number of nitrogens with zero attached hydrogens (tertiary/aromatic N) is 2. The number of anilines is 1. The summed E-state index contributed by atoms with van der Waals surface area (Å²) in [4.78, 5) is 23.0. The summed E-state index contributed by atoms with van der Waals surface area (Å²) in [6.45, 7) is 8.57. The molecule has 2 aromatic rings. The summed E-state index contributed by atoms with van der Waals surface area (Å²) in [7, 11) is 0. The van der Waals surface area contributed by atoms with E-state index in [2.05, 4.69) is 35.2 Å². The third-order valence-corrected chi connectivity index (χ3v) is 4.36. The zero-order valence-corrected chi connectivity index (χ0v) is 13.5. The molecule has 1 amide bonds. The first-order chi connectivity index (χ1) is 9.88. The molecule has 21 heavy (non-hydrogen) atoms. The van der Waals surface area contributed by atoms with E-state index < -0.39 is 0 Å². The Bertz CT molecular complexity index is 644. The zero-order chi connectivity index (χ0) is 15.6. The second kappa shape index (κ2) is 6.22. The molecule has 0 saturated heterocycles. The first-order valence-electron chi connectivity index (χ1n) is 6.85. The molecule has 2 rings (SSSR count). The number of carbonyl (C=O) groups excluding carboxylic acids is 1. The van der Waals surface area contributed by atoms with Crippen LogP contribution >= 0.6 is 11.3 Å². The normalized spacial score (nSPS) is 10.9. The van der Waals surface area contributed by atoms with Crippen molar-refractivity contribution in [3.8, 4) is 0 Å². The topological polar surface area (TPSA) is 80.9 Å². The molecule has 0 saturated carbocycles. The molecule has 0 aliphatic heterocycles. The second-order valence-corrected chi connectivity index (χ2v) is 6.66. The average molecular weight is 304 g/mol. The Balaban J connectivity index is 2.11. The van der Waals surface area contributed by atoms with Crippen molar-refractivity contribution in [2.75, 3.05) is 5.73 Å². The number of aryl methyl sites for hydroxylation is 2. The molecule has 0 fully saturated rings. The van der Waals surface area contributed by atoms with Crippen molar-refractivity contribution in [1.82, 2.24) is 15.3 Å². The fourth-order valence-electron chi connectivity index (χ4n) is 1.85. The molecule has 0 radical (unpaired) electrons. The van der Waals surface area contributed by atoms with Crippen LogP contribution in [0.15, 0.2) is 12.3 Å². The van der Waals surface area contributed by atoms with Crippen LogP contribution < -0.4 is 11.1 Å². The minimum Gasteiger partial charge on any atom is -0.396 e. The number of thiophene rings is 1. The zero-order valence-electron chi connectivity index (χ0n) is 12.7. The molecule has 0 aromatic carbocycles. The van der Waals surface area contributed by atoms with Crippen molar-refractivity contribution in [2.45, 2.75) is 40.2 Å². The van der Waals surface area contributed by atoms with E-state index in [0.29, 0.717) is 18.1 Å². The number of carbonyl (C=O) groups is 1. The van der Waals surface area contributed by atoms with Crippen LogP contribution in [0.5, 0.6) is 0 Å². The van der Waals surface area contributed by atoms with Crippen molar-refractivity contribution in [1.29, 1.82) is 0 Å². The van der Waals surface area contributed by atoms with Gasteiger partial charge in [-0.25, -0.2) is 9.97 Å². The number of nitrogen functional groups attached to an aromatic ring is 1. The number of aromatic nitrogens is 2. The van der Waals surface area contributed by atoms with Gasteiger partial charge in [-0.1, -0.05) is 13.8 Å². The highest BCUT2D eigenvalue weighted by Gasteiger charge is 2.15. The van der Waals surface area contributed by atoms with Crippen molar-refractivity contribution < 1.29 is 4.79 Å². The maximum atomic E-state index is 12.2. The van der Waals surface area contributed by atoms with Crippen molar-refractivity contribution in [3.63, 3.8) is 0 Å². The standard InChI is InChI=1S/C15H20N4OS/c1-8(2)14-17-7-12(16)13(19-14)15(20)18-6-11-5-9(3)10(4)21-11/h5,7-8H,6,16H2,1-4H3,(H,18,20). The summed E-state index contributed by atoms with van der Waals surface area (Å²) in [5, 5.41) is 2.86. The summed E-state index contributed by atoms with van der Waals surface area (Å²) in [6, 6.07) is 2.09. The van der Waals surface area contributed by atoms with Gasteiger partial charge >= 0.3 is 0 Å². The summed E-state index contributed by atoms with van der Waals surface area (Å²) in [6.07, 6.45) is 1.50. The molecule has 5 nitrogen and oxygen atoms in total. The van der Waals surface area contributed by atoms with Gasteiger partial charge in [-0.3, -0.25) is 4.79 Å². The van der Waals surface area contributed by atoms with Gasteiger partial charge in [0.15, 0.2) is 5.69 Å². The lowest BCUT2D eigenvalue weighted by molar-refractivity contribution is 0.0947. The van der Waals surface area contributed by atoms with Crippen LogP contribution in [-0.4, -0.2) is 15.9 Å². The maximum absolute atomic E-state index is 12.2. The quantitative estimate of drug-likeness (QED) is 0.910. The van der Waals surface area contributed by atoms with Gasteiger partial charge in [0.25, 0.3) is 5.91 Å². The first kappa shape index (κ1) is 15.4. The largest absolute Gasteiger partial charge is 0.396 e. The van der Waals surface area contributed by atoms with E-state index >= 15 is 0 Å². The fraction of sp³-hybridized carbons (Fsp3) is 0.400. The highest BCUT2D eigenvalue weighted by Crippen LogP contribution is 2.20. The summed E-state index contributed by atoms with van der Waals surface area (Å²) in [5.41, 5.74) is 7.60. The molecule has 0 atom stereocenters. The van der Waals surface area contributed by atoms with E-state index in [1.807, 2.05) is 13.8 Å². The van der Waals surface area contributed by atoms with Crippen LogP contribution in [0.25, 0.3) is 0 Å². The van der Waals surface area contributed by atoms with Crippen LogP contribution in [0.1, 0.15) is 51.4 Å². The number of nitrogens with one attached hydrogen (secondary N) is 1. The molecule has 0 aliphatic carbocycles. The fourth-order valence-corrected chi connectivity index (χ4v) is 2.85. The van der Waals surface area contributed by atoms with Gasteiger partial charge in [0, 0.05) is 15.7 Å². The van der Waals surface area contributed by atoms with Crippen LogP contribution in [0.2, 0.25) is 0 Å². The molecule has 0 unspecified atom stereocenters. The van der Waals surface area contributed by atoms with Gasteiger partial charge < -0.3 is 11.1 Å². The number of amides is 1. The van der Waals surface area contributed by atoms with Gasteiger partial charge in [0.05, 0.1) is 18.4 Å². The van der Waals surface area contributed by atoms with Crippen LogP contribution in [-0.2, 0) is 6.54 Å². The van der Waals surface area contributed by atoms with Crippen LogP contribution in [0.4, 0.5) is 5.69 Å².